The van der Waals surface area contributed by atoms with Crippen molar-refractivity contribution in [2.75, 3.05) is 19.6 Å². The Kier molecular flexibility index (Phi) is 5.38. The molecule has 1 fully saturated rings. The van der Waals surface area contributed by atoms with E-state index in [9.17, 15) is 9.18 Å². The Balaban J connectivity index is 2.40. The monoisotopic (exact) mass is 260 g/mol. The van der Waals surface area contributed by atoms with Crippen molar-refractivity contribution in [3.05, 3.63) is 0 Å². The van der Waals surface area contributed by atoms with Gasteiger partial charge >= 0.3 is 6.09 Å². The van der Waals surface area contributed by atoms with Crippen molar-refractivity contribution in [1.29, 1.82) is 0 Å². The molecule has 0 spiro atoms. The lowest BCUT2D eigenvalue weighted by atomic mass is 10.1. The maximum Gasteiger partial charge on any atom is 0.410 e. The number of hydrogen-bond acceptors (Lipinski definition) is 3. The molecule has 0 aromatic heterocycles. The van der Waals surface area contributed by atoms with E-state index in [4.69, 9.17) is 4.74 Å². The van der Waals surface area contributed by atoms with E-state index in [-0.39, 0.29) is 12.1 Å². The summed E-state index contributed by atoms with van der Waals surface area (Å²) < 4.78 is 18.1. The van der Waals surface area contributed by atoms with Gasteiger partial charge in [0.15, 0.2) is 0 Å². The van der Waals surface area contributed by atoms with Crippen LogP contribution in [0.15, 0.2) is 0 Å². The molecule has 1 aliphatic rings. The van der Waals surface area contributed by atoms with Crippen molar-refractivity contribution in [3.63, 3.8) is 0 Å². The third-order valence-electron chi connectivity index (χ3n) is 2.76. The van der Waals surface area contributed by atoms with Gasteiger partial charge in [-0.1, -0.05) is 0 Å². The van der Waals surface area contributed by atoms with E-state index >= 15 is 0 Å². The summed E-state index contributed by atoms with van der Waals surface area (Å²) in [6.07, 6.45) is 0.771. The summed E-state index contributed by atoms with van der Waals surface area (Å²) in [6, 6.07) is 0.171. The number of alkyl halides is 1. The van der Waals surface area contributed by atoms with Crippen molar-refractivity contribution in [1.82, 2.24) is 10.2 Å². The van der Waals surface area contributed by atoms with Crippen molar-refractivity contribution in [2.45, 2.75) is 58.4 Å². The standard InChI is InChI=1S/C13H25FN2O2/c1-10(14)8-15-11-6-5-7-16(9-11)12(17)18-13(2,3)4/h10-11,15H,5-9H2,1-4H3. The molecule has 2 atom stereocenters. The summed E-state index contributed by atoms with van der Waals surface area (Å²) in [6.45, 7) is 8.76. The first-order valence-electron chi connectivity index (χ1n) is 6.63. The predicted octanol–water partition coefficient (Wildman–Crippen LogP) is 2.33. The number of amides is 1. The highest BCUT2D eigenvalue weighted by Crippen LogP contribution is 2.15. The number of rotatable bonds is 3. The molecule has 18 heavy (non-hydrogen) atoms. The van der Waals surface area contributed by atoms with Gasteiger partial charge in [0.1, 0.15) is 11.8 Å². The van der Waals surface area contributed by atoms with E-state index in [1.807, 2.05) is 20.8 Å². The van der Waals surface area contributed by atoms with Crippen LogP contribution in [0.25, 0.3) is 0 Å². The van der Waals surface area contributed by atoms with Gasteiger partial charge in [0.25, 0.3) is 0 Å². The highest BCUT2D eigenvalue weighted by Gasteiger charge is 2.27. The molecule has 0 bridgehead atoms. The van der Waals surface area contributed by atoms with Crippen LogP contribution in [0.2, 0.25) is 0 Å². The molecule has 1 amide bonds. The van der Waals surface area contributed by atoms with E-state index in [0.717, 1.165) is 19.4 Å². The number of nitrogens with one attached hydrogen (secondary N) is 1. The van der Waals surface area contributed by atoms with Gasteiger partial charge in [0.05, 0.1) is 0 Å². The zero-order valence-corrected chi connectivity index (χ0v) is 11.8. The SMILES string of the molecule is CC(F)CNC1CCCN(C(=O)OC(C)(C)C)C1. The molecule has 4 nitrogen and oxygen atoms in total. The molecule has 1 heterocycles. The van der Waals surface area contributed by atoms with E-state index < -0.39 is 11.8 Å². The molecule has 1 aliphatic heterocycles. The Morgan fingerprint density at radius 1 is 1.56 bits per heavy atom. The smallest absolute Gasteiger partial charge is 0.410 e. The maximum absolute atomic E-state index is 12.8. The van der Waals surface area contributed by atoms with Gasteiger partial charge in [0.2, 0.25) is 0 Å². The number of ether oxygens (including phenoxy) is 1. The summed E-state index contributed by atoms with van der Waals surface area (Å²) in [7, 11) is 0. The number of halogens is 1. The van der Waals surface area contributed by atoms with Crippen LogP contribution in [-0.4, -0.2) is 48.4 Å². The molecular weight excluding hydrogens is 235 g/mol. The first kappa shape index (κ1) is 15.2. The molecule has 5 heteroatoms. The van der Waals surface area contributed by atoms with E-state index in [1.165, 1.54) is 6.92 Å². The molecule has 0 aromatic rings. The molecule has 1 rings (SSSR count). The minimum absolute atomic E-state index is 0.171. The fraction of sp³-hybridized carbons (Fsp3) is 0.923. The summed E-state index contributed by atoms with van der Waals surface area (Å²) in [5.41, 5.74) is -0.467. The van der Waals surface area contributed by atoms with Crippen molar-refractivity contribution < 1.29 is 13.9 Å². The first-order chi connectivity index (χ1) is 8.28. The van der Waals surface area contributed by atoms with Gasteiger partial charge in [-0.2, -0.15) is 0 Å². The normalized spacial score (nSPS) is 22.7. The average molecular weight is 260 g/mol. The van der Waals surface area contributed by atoms with E-state index in [2.05, 4.69) is 5.32 Å². The molecule has 1 N–H and O–H groups in total. The number of piperidine rings is 1. The molecule has 0 aliphatic carbocycles. The van der Waals surface area contributed by atoms with Crippen LogP contribution in [0.1, 0.15) is 40.5 Å². The number of likely N-dealkylation sites (tertiary alicyclic amines) is 1. The van der Waals surface area contributed by atoms with Crippen LogP contribution in [0.3, 0.4) is 0 Å². The fourth-order valence-corrected chi connectivity index (χ4v) is 1.97. The van der Waals surface area contributed by atoms with Crippen LogP contribution in [0, 0.1) is 0 Å². The third kappa shape index (κ3) is 5.67. The average Bonchev–Trinajstić information content (AvgIpc) is 2.24. The lowest BCUT2D eigenvalue weighted by molar-refractivity contribution is 0.0186. The quantitative estimate of drug-likeness (QED) is 0.847. The summed E-state index contributed by atoms with van der Waals surface area (Å²) in [4.78, 5) is 13.6. The number of carbonyl (C=O) groups excluding carboxylic acids is 1. The van der Waals surface area contributed by atoms with E-state index in [1.54, 1.807) is 4.90 Å². The Hall–Kier alpha value is -0.840. The van der Waals surface area contributed by atoms with Gasteiger partial charge in [0, 0.05) is 25.7 Å². The number of nitrogens with zero attached hydrogens (tertiary/aromatic N) is 1. The highest BCUT2D eigenvalue weighted by atomic mass is 19.1. The van der Waals surface area contributed by atoms with Crippen LogP contribution in [-0.2, 0) is 4.74 Å². The van der Waals surface area contributed by atoms with Crippen LogP contribution in [0.4, 0.5) is 9.18 Å². The molecule has 1 saturated heterocycles. The maximum atomic E-state index is 12.8. The Morgan fingerprint density at radius 3 is 2.78 bits per heavy atom. The summed E-state index contributed by atoms with van der Waals surface area (Å²) in [5.74, 6) is 0. The topological polar surface area (TPSA) is 41.6 Å². The lowest BCUT2D eigenvalue weighted by Crippen LogP contribution is -2.50. The predicted molar refractivity (Wildman–Crippen MR) is 69.4 cm³/mol. The summed E-state index contributed by atoms with van der Waals surface area (Å²) >= 11 is 0. The minimum Gasteiger partial charge on any atom is -0.444 e. The molecule has 2 unspecified atom stereocenters. The van der Waals surface area contributed by atoms with Crippen molar-refractivity contribution in [3.8, 4) is 0 Å². The Bertz CT molecular complexity index is 277. The van der Waals surface area contributed by atoms with E-state index in [0.29, 0.717) is 13.1 Å². The second-order valence-corrected chi connectivity index (χ2v) is 5.95. The van der Waals surface area contributed by atoms with Gasteiger partial charge in [-0.05, 0) is 40.5 Å². The molecule has 0 radical (unpaired) electrons. The van der Waals surface area contributed by atoms with Gasteiger partial charge < -0.3 is 15.0 Å². The summed E-state index contributed by atoms with van der Waals surface area (Å²) in [5, 5.41) is 3.14. The number of carbonyl (C=O) groups is 1. The van der Waals surface area contributed by atoms with Crippen LogP contribution >= 0.6 is 0 Å². The van der Waals surface area contributed by atoms with Crippen molar-refractivity contribution >= 4 is 6.09 Å². The Labute approximate surface area is 109 Å². The van der Waals surface area contributed by atoms with Gasteiger partial charge in [-0.15, -0.1) is 0 Å². The van der Waals surface area contributed by atoms with Gasteiger partial charge in [-0.3, -0.25) is 0 Å². The third-order valence-corrected chi connectivity index (χ3v) is 2.76. The second-order valence-electron chi connectivity index (χ2n) is 5.95. The van der Waals surface area contributed by atoms with Crippen LogP contribution in [0.5, 0.6) is 0 Å². The number of hydrogen-bond donors (Lipinski definition) is 1. The lowest BCUT2D eigenvalue weighted by Gasteiger charge is -2.34. The molecule has 0 aromatic carbocycles. The second kappa shape index (κ2) is 6.36. The van der Waals surface area contributed by atoms with Crippen LogP contribution < -0.4 is 5.32 Å². The Morgan fingerprint density at radius 2 is 2.22 bits per heavy atom. The van der Waals surface area contributed by atoms with Crippen molar-refractivity contribution in [2.24, 2.45) is 0 Å². The fourth-order valence-electron chi connectivity index (χ4n) is 1.97. The zero-order valence-electron chi connectivity index (χ0n) is 11.8. The van der Waals surface area contributed by atoms with Gasteiger partial charge in [-0.25, -0.2) is 9.18 Å². The molecule has 0 saturated carbocycles. The highest BCUT2D eigenvalue weighted by molar-refractivity contribution is 5.68. The first-order valence-corrected chi connectivity index (χ1v) is 6.63. The molecule has 106 valence electrons. The largest absolute Gasteiger partial charge is 0.444 e. The minimum atomic E-state index is -0.859. The molecular formula is C13H25FN2O2. The zero-order chi connectivity index (χ0) is 13.8.